The van der Waals surface area contributed by atoms with Crippen LogP contribution in [0.1, 0.15) is 15.9 Å². The van der Waals surface area contributed by atoms with E-state index in [2.05, 4.69) is 16.4 Å². The quantitative estimate of drug-likeness (QED) is 0.896. The molecule has 0 atom stereocenters. The molecule has 0 unspecified atom stereocenters. The van der Waals surface area contributed by atoms with Crippen molar-refractivity contribution in [2.45, 2.75) is 6.42 Å². The number of carbonyl (C=O) groups excluding carboxylic acids is 1. The molecule has 0 spiro atoms. The normalized spacial score (nSPS) is 13.1. The number of carbonyl (C=O) groups is 1. The standard InChI is InChI=1S/C16H17N3O2/c20-10-8-17-15-6-5-13(11-18-15)16(21)19-9-7-12-3-1-2-4-14(12)19/h1-6,11,20H,7-10H2,(H,17,18). The van der Waals surface area contributed by atoms with Gasteiger partial charge in [-0.1, -0.05) is 18.2 Å². The molecule has 1 aromatic carbocycles. The van der Waals surface area contributed by atoms with Crippen LogP contribution in [0.4, 0.5) is 11.5 Å². The molecule has 5 heteroatoms. The highest BCUT2D eigenvalue weighted by atomic mass is 16.3. The Morgan fingerprint density at radius 2 is 2.14 bits per heavy atom. The molecule has 1 aliphatic heterocycles. The number of benzene rings is 1. The van der Waals surface area contributed by atoms with Gasteiger partial charge in [-0.3, -0.25) is 4.79 Å². The predicted molar refractivity (Wildman–Crippen MR) is 81.6 cm³/mol. The maximum Gasteiger partial charge on any atom is 0.259 e. The molecular weight excluding hydrogens is 266 g/mol. The summed E-state index contributed by atoms with van der Waals surface area (Å²) in [6, 6.07) is 11.5. The largest absolute Gasteiger partial charge is 0.395 e. The minimum Gasteiger partial charge on any atom is -0.395 e. The van der Waals surface area contributed by atoms with Gasteiger partial charge in [-0.2, -0.15) is 0 Å². The summed E-state index contributed by atoms with van der Waals surface area (Å²) in [5.74, 6) is 0.628. The zero-order chi connectivity index (χ0) is 14.7. The Morgan fingerprint density at radius 1 is 1.29 bits per heavy atom. The van der Waals surface area contributed by atoms with Crippen LogP contribution < -0.4 is 10.2 Å². The number of amides is 1. The van der Waals surface area contributed by atoms with Gasteiger partial charge in [0, 0.05) is 25.0 Å². The summed E-state index contributed by atoms with van der Waals surface area (Å²) in [5, 5.41) is 11.7. The molecule has 0 fully saturated rings. The molecule has 2 heterocycles. The number of hydrogen-bond acceptors (Lipinski definition) is 4. The van der Waals surface area contributed by atoms with Gasteiger partial charge in [0.1, 0.15) is 5.82 Å². The van der Waals surface area contributed by atoms with Crippen molar-refractivity contribution in [1.29, 1.82) is 0 Å². The molecule has 3 rings (SSSR count). The smallest absolute Gasteiger partial charge is 0.259 e. The molecule has 0 aliphatic carbocycles. The highest BCUT2D eigenvalue weighted by molar-refractivity contribution is 6.07. The van der Waals surface area contributed by atoms with E-state index in [-0.39, 0.29) is 12.5 Å². The lowest BCUT2D eigenvalue weighted by atomic mass is 10.2. The monoisotopic (exact) mass is 283 g/mol. The van der Waals surface area contributed by atoms with Gasteiger partial charge in [0.2, 0.25) is 0 Å². The fraction of sp³-hybridized carbons (Fsp3) is 0.250. The van der Waals surface area contributed by atoms with Crippen molar-refractivity contribution in [2.75, 3.05) is 29.9 Å². The van der Waals surface area contributed by atoms with E-state index in [1.807, 2.05) is 18.2 Å². The topological polar surface area (TPSA) is 65.5 Å². The molecule has 0 saturated heterocycles. The third-order valence-electron chi connectivity index (χ3n) is 3.56. The number of aliphatic hydroxyl groups excluding tert-OH is 1. The van der Waals surface area contributed by atoms with Crippen molar-refractivity contribution in [1.82, 2.24) is 4.98 Å². The Bertz CT molecular complexity index is 640. The Kier molecular flexibility index (Phi) is 3.83. The number of aliphatic hydroxyl groups is 1. The number of pyridine rings is 1. The van der Waals surface area contributed by atoms with Crippen LogP contribution in [0, 0.1) is 0 Å². The molecular formula is C16H17N3O2. The second-order valence-electron chi connectivity index (χ2n) is 4.92. The second kappa shape index (κ2) is 5.93. The SMILES string of the molecule is O=C(c1ccc(NCCO)nc1)N1CCc2ccccc21. The highest BCUT2D eigenvalue weighted by Crippen LogP contribution is 2.28. The van der Waals surface area contributed by atoms with Crippen molar-refractivity contribution in [3.05, 3.63) is 53.7 Å². The van der Waals surface area contributed by atoms with E-state index in [9.17, 15) is 4.79 Å². The fourth-order valence-corrected chi connectivity index (χ4v) is 2.51. The summed E-state index contributed by atoms with van der Waals surface area (Å²) in [5.41, 5.74) is 2.77. The lowest BCUT2D eigenvalue weighted by molar-refractivity contribution is 0.0989. The zero-order valence-electron chi connectivity index (χ0n) is 11.6. The van der Waals surface area contributed by atoms with Gasteiger partial charge < -0.3 is 15.3 Å². The number of rotatable bonds is 4. The number of hydrogen-bond donors (Lipinski definition) is 2. The summed E-state index contributed by atoms with van der Waals surface area (Å²) in [4.78, 5) is 18.6. The van der Waals surface area contributed by atoms with Crippen molar-refractivity contribution >= 4 is 17.4 Å². The Balaban J connectivity index is 1.77. The molecule has 1 amide bonds. The number of para-hydroxylation sites is 1. The minimum absolute atomic E-state index is 0.0267. The maximum atomic E-state index is 12.6. The van der Waals surface area contributed by atoms with Gasteiger partial charge in [-0.15, -0.1) is 0 Å². The average Bonchev–Trinajstić information content (AvgIpc) is 2.97. The summed E-state index contributed by atoms with van der Waals surface area (Å²) < 4.78 is 0. The summed E-state index contributed by atoms with van der Waals surface area (Å²) in [6.45, 7) is 1.20. The first-order valence-electron chi connectivity index (χ1n) is 7.00. The van der Waals surface area contributed by atoms with Crippen LogP contribution in [-0.2, 0) is 6.42 Å². The van der Waals surface area contributed by atoms with Gasteiger partial charge in [0.05, 0.1) is 12.2 Å². The Labute approximate surface area is 123 Å². The molecule has 0 radical (unpaired) electrons. The fourth-order valence-electron chi connectivity index (χ4n) is 2.51. The number of aromatic nitrogens is 1. The highest BCUT2D eigenvalue weighted by Gasteiger charge is 2.25. The first kappa shape index (κ1) is 13.6. The average molecular weight is 283 g/mol. The lowest BCUT2D eigenvalue weighted by Crippen LogP contribution is -2.28. The summed E-state index contributed by atoms with van der Waals surface area (Å²) in [6.07, 6.45) is 2.47. The van der Waals surface area contributed by atoms with Gasteiger partial charge in [0.25, 0.3) is 5.91 Å². The van der Waals surface area contributed by atoms with E-state index < -0.39 is 0 Å². The first-order chi connectivity index (χ1) is 10.3. The number of nitrogens with one attached hydrogen (secondary N) is 1. The molecule has 21 heavy (non-hydrogen) atoms. The molecule has 5 nitrogen and oxygen atoms in total. The summed E-state index contributed by atoms with van der Waals surface area (Å²) >= 11 is 0. The van der Waals surface area contributed by atoms with E-state index in [0.29, 0.717) is 24.5 Å². The van der Waals surface area contributed by atoms with Gasteiger partial charge in [-0.05, 0) is 30.2 Å². The molecule has 1 aliphatic rings. The van der Waals surface area contributed by atoms with Gasteiger partial charge in [0.15, 0.2) is 0 Å². The van der Waals surface area contributed by atoms with E-state index in [0.717, 1.165) is 12.1 Å². The Hall–Kier alpha value is -2.40. The zero-order valence-corrected chi connectivity index (χ0v) is 11.6. The third-order valence-corrected chi connectivity index (χ3v) is 3.56. The van der Waals surface area contributed by atoms with E-state index in [4.69, 9.17) is 5.11 Å². The number of nitrogens with zero attached hydrogens (tertiary/aromatic N) is 2. The first-order valence-corrected chi connectivity index (χ1v) is 7.00. The summed E-state index contributed by atoms with van der Waals surface area (Å²) in [7, 11) is 0. The number of fused-ring (bicyclic) bond motifs is 1. The van der Waals surface area contributed by atoms with Crippen LogP contribution in [0.25, 0.3) is 0 Å². The second-order valence-corrected chi connectivity index (χ2v) is 4.92. The van der Waals surface area contributed by atoms with Crippen molar-refractivity contribution in [3.8, 4) is 0 Å². The van der Waals surface area contributed by atoms with Crippen LogP contribution in [0.5, 0.6) is 0 Å². The van der Waals surface area contributed by atoms with E-state index in [1.165, 1.54) is 5.56 Å². The van der Waals surface area contributed by atoms with Crippen LogP contribution >= 0.6 is 0 Å². The van der Waals surface area contributed by atoms with E-state index in [1.54, 1.807) is 23.2 Å². The third kappa shape index (κ3) is 2.73. The van der Waals surface area contributed by atoms with Gasteiger partial charge in [-0.25, -0.2) is 4.98 Å². The molecule has 0 saturated carbocycles. The van der Waals surface area contributed by atoms with Crippen LogP contribution in [0.15, 0.2) is 42.6 Å². The molecule has 0 bridgehead atoms. The minimum atomic E-state index is -0.0267. The lowest BCUT2D eigenvalue weighted by Gasteiger charge is -2.17. The molecule has 2 N–H and O–H groups in total. The molecule has 108 valence electrons. The van der Waals surface area contributed by atoms with Crippen molar-refractivity contribution in [2.24, 2.45) is 0 Å². The molecule has 2 aromatic rings. The number of anilines is 2. The molecule has 1 aromatic heterocycles. The van der Waals surface area contributed by atoms with Gasteiger partial charge >= 0.3 is 0 Å². The van der Waals surface area contributed by atoms with E-state index >= 15 is 0 Å². The van der Waals surface area contributed by atoms with Crippen LogP contribution in [-0.4, -0.2) is 35.7 Å². The predicted octanol–water partition coefficient (Wildman–Crippen LogP) is 1.69. The van der Waals surface area contributed by atoms with Crippen LogP contribution in [0.2, 0.25) is 0 Å². The van der Waals surface area contributed by atoms with Crippen molar-refractivity contribution < 1.29 is 9.90 Å². The Morgan fingerprint density at radius 3 is 2.90 bits per heavy atom. The van der Waals surface area contributed by atoms with Crippen LogP contribution in [0.3, 0.4) is 0 Å². The maximum absolute atomic E-state index is 12.6. The van der Waals surface area contributed by atoms with Crippen molar-refractivity contribution in [3.63, 3.8) is 0 Å².